The fraction of sp³-hybridized carbons (Fsp3) is 1.00. The Kier molecular flexibility index (Phi) is 4.20. The van der Waals surface area contributed by atoms with Crippen LogP contribution in [0, 0.1) is 0 Å². The van der Waals surface area contributed by atoms with Gasteiger partial charge in [0.15, 0.2) is 0 Å². The second-order valence-electron chi connectivity index (χ2n) is 4.46. The average Bonchev–Trinajstić information content (AvgIpc) is 2.04. The van der Waals surface area contributed by atoms with Crippen LogP contribution in [-0.4, -0.2) is 36.1 Å². The molecule has 1 unspecified atom stereocenters. The molecule has 1 aliphatic rings. The maximum absolute atomic E-state index is 3.55. The maximum atomic E-state index is 3.55. The van der Waals surface area contributed by atoms with Crippen LogP contribution >= 0.6 is 0 Å². The standard InChI is InChI=1S/C11H24N2/c1-5-12-11-6-7-13(9(2)3)10(4)8-11/h9-12H,5-8H2,1-4H3/t10-,11?/m0/s1. The summed E-state index contributed by atoms with van der Waals surface area (Å²) < 4.78 is 0. The van der Waals surface area contributed by atoms with Crippen LogP contribution in [0.4, 0.5) is 0 Å². The van der Waals surface area contributed by atoms with Gasteiger partial charge in [-0.05, 0) is 40.2 Å². The lowest BCUT2D eigenvalue weighted by Crippen LogP contribution is -2.49. The van der Waals surface area contributed by atoms with Crippen LogP contribution in [0.3, 0.4) is 0 Å². The van der Waals surface area contributed by atoms with E-state index in [1.165, 1.54) is 19.4 Å². The molecule has 0 aliphatic carbocycles. The van der Waals surface area contributed by atoms with Gasteiger partial charge in [0.2, 0.25) is 0 Å². The molecule has 0 aromatic heterocycles. The molecule has 1 aliphatic heterocycles. The normalized spacial score (nSPS) is 31.2. The second kappa shape index (κ2) is 4.97. The van der Waals surface area contributed by atoms with Crippen molar-refractivity contribution in [3.8, 4) is 0 Å². The van der Waals surface area contributed by atoms with Crippen LogP contribution in [0.1, 0.15) is 40.5 Å². The highest BCUT2D eigenvalue weighted by Gasteiger charge is 2.25. The smallest absolute Gasteiger partial charge is 0.00939 e. The number of nitrogens with zero attached hydrogens (tertiary/aromatic N) is 1. The van der Waals surface area contributed by atoms with Crippen LogP contribution in [0.25, 0.3) is 0 Å². The van der Waals surface area contributed by atoms with Gasteiger partial charge in [0, 0.05) is 24.7 Å². The lowest BCUT2D eigenvalue weighted by Gasteiger charge is -2.40. The van der Waals surface area contributed by atoms with Gasteiger partial charge in [-0.3, -0.25) is 4.90 Å². The maximum Gasteiger partial charge on any atom is 0.00939 e. The van der Waals surface area contributed by atoms with E-state index >= 15 is 0 Å². The van der Waals surface area contributed by atoms with E-state index in [1.54, 1.807) is 0 Å². The highest BCUT2D eigenvalue weighted by molar-refractivity contribution is 4.84. The lowest BCUT2D eigenvalue weighted by atomic mass is 9.97. The van der Waals surface area contributed by atoms with Gasteiger partial charge in [-0.15, -0.1) is 0 Å². The van der Waals surface area contributed by atoms with E-state index in [9.17, 15) is 0 Å². The molecule has 0 amide bonds. The van der Waals surface area contributed by atoms with Crippen LogP contribution in [0.2, 0.25) is 0 Å². The van der Waals surface area contributed by atoms with Crippen LogP contribution < -0.4 is 5.32 Å². The third-order valence-electron chi connectivity index (χ3n) is 3.08. The fourth-order valence-corrected chi connectivity index (χ4v) is 2.43. The number of rotatable bonds is 3. The molecule has 0 aromatic carbocycles. The number of hydrogen-bond acceptors (Lipinski definition) is 2. The predicted octanol–water partition coefficient (Wildman–Crippen LogP) is 1.86. The first kappa shape index (κ1) is 11.0. The first-order valence-electron chi connectivity index (χ1n) is 5.64. The molecule has 1 heterocycles. The van der Waals surface area contributed by atoms with E-state index in [2.05, 4.69) is 37.9 Å². The molecule has 2 heteroatoms. The number of likely N-dealkylation sites (tertiary alicyclic amines) is 1. The molecule has 0 bridgehead atoms. The molecular weight excluding hydrogens is 160 g/mol. The molecular formula is C11H24N2. The van der Waals surface area contributed by atoms with Gasteiger partial charge in [0.25, 0.3) is 0 Å². The molecule has 2 atom stereocenters. The Morgan fingerprint density at radius 3 is 2.62 bits per heavy atom. The molecule has 2 nitrogen and oxygen atoms in total. The van der Waals surface area contributed by atoms with Gasteiger partial charge in [-0.25, -0.2) is 0 Å². The fourth-order valence-electron chi connectivity index (χ4n) is 2.43. The molecule has 0 aromatic rings. The Bertz CT molecular complexity index is 145. The molecule has 0 radical (unpaired) electrons. The topological polar surface area (TPSA) is 15.3 Å². The minimum absolute atomic E-state index is 0.706. The van der Waals surface area contributed by atoms with Crippen molar-refractivity contribution in [3.63, 3.8) is 0 Å². The summed E-state index contributed by atoms with van der Waals surface area (Å²) >= 11 is 0. The Morgan fingerprint density at radius 1 is 1.46 bits per heavy atom. The monoisotopic (exact) mass is 184 g/mol. The molecule has 0 saturated carbocycles. The van der Waals surface area contributed by atoms with Crippen molar-refractivity contribution in [2.75, 3.05) is 13.1 Å². The Labute approximate surface area is 82.7 Å². The summed E-state index contributed by atoms with van der Waals surface area (Å²) in [5.41, 5.74) is 0. The highest BCUT2D eigenvalue weighted by atomic mass is 15.2. The summed E-state index contributed by atoms with van der Waals surface area (Å²) in [4.78, 5) is 2.60. The van der Waals surface area contributed by atoms with Crippen molar-refractivity contribution in [2.24, 2.45) is 0 Å². The quantitative estimate of drug-likeness (QED) is 0.720. The van der Waals surface area contributed by atoms with Crippen molar-refractivity contribution in [1.29, 1.82) is 0 Å². The molecule has 13 heavy (non-hydrogen) atoms. The van der Waals surface area contributed by atoms with E-state index in [4.69, 9.17) is 0 Å². The minimum atomic E-state index is 0.706. The van der Waals surface area contributed by atoms with E-state index in [0.29, 0.717) is 6.04 Å². The molecule has 1 saturated heterocycles. The van der Waals surface area contributed by atoms with Crippen molar-refractivity contribution in [3.05, 3.63) is 0 Å². The Hall–Kier alpha value is -0.0800. The van der Waals surface area contributed by atoms with Crippen molar-refractivity contribution >= 4 is 0 Å². The minimum Gasteiger partial charge on any atom is -0.314 e. The summed E-state index contributed by atoms with van der Waals surface area (Å²) in [6.45, 7) is 11.5. The largest absolute Gasteiger partial charge is 0.314 e. The molecule has 78 valence electrons. The summed E-state index contributed by atoms with van der Waals surface area (Å²) in [6, 6.07) is 2.21. The van der Waals surface area contributed by atoms with Crippen LogP contribution in [0.5, 0.6) is 0 Å². The molecule has 0 spiro atoms. The van der Waals surface area contributed by atoms with Gasteiger partial charge in [-0.2, -0.15) is 0 Å². The first-order chi connectivity index (χ1) is 6.15. The number of piperidine rings is 1. The Balaban J connectivity index is 2.37. The zero-order chi connectivity index (χ0) is 9.84. The van der Waals surface area contributed by atoms with E-state index in [-0.39, 0.29) is 0 Å². The van der Waals surface area contributed by atoms with Gasteiger partial charge in [0.1, 0.15) is 0 Å². The average molecular weight is 184 g/mol. The van der Waals surface area contributed by atoms with E-state index in [1.807, 2.05) is 0 Å². The van der Waals surface area contributed by atoms with Crippen LogP contribution in [0.15, 0.2) is 0 Å². The first-order valence-corrected chi connectivity index (χ1v) is 5.64. The SMILES string of the molecule is CCNC1CCN(C(C)C)[C@@H](C)C1. The number of hydrogen-bond donors (Lipinski definition) is 1. The molecule has 1 N–H and O–H groups in total. The lowest BCUT2D eigenvalue weighted by molar-refractivity contribution is 0.104. The molecule has 1 rings (SSSR count). The summed E-state index contributed by atoms with van der Waals surface area (Å²) in [5, 5.41) is 3.55. The summed E-state index contributed by atoms with van der Waals surface area (Å²) in [5.74, 6) is 0. The second-order valence-corrected chi connectivity index (χ2v) is 4.46. The van der Waals surface area contributed by atoms with Gasteiger partial charge < -0.3 is 5.32 Å². The van der Waals surface area contributed by atoms with Crippen molar-refractivity contribution in [1.82, 2.24) is 10.2 Å². The van der Waals surface area contributed by atoms with Crippen molar-refractivity contribution < 1.29 is 0 Å². The zero-order valence-corrected chi connectivity index (χ0v) is 9.51. The zero-order valence-electron chi connectivity index (χ0n) is 9.51. The number of nitrogens with one attached hydrogen (secondary N) is 1. The predicted molar refractivity (Wildman–Crippen MR) is 58.0 cm³/mol. The van der Waals surface area contributed by atoms with Gasteiger partial charge in [-0.1, -0.05) is 6.92 Å². The third kappa shape index (κ3) is 2.96. The highest BCUT2D eigenvalue weighted by Crippen LogP contribution is 2.19. The van der Waals surface area contributed by atoms with E-state index in [0.717, 1.165) is 18.6 Å². The van der Waals surface area contributed by atoms with Crippen molar-refractivity contribution in [2.45, 2.75) is 58.7 Å². The molecule has 1 fully saturated rings. The van der Waals surface area contributed by atoms with Gasteiger partial charge in [0.05, 0.1) is 0 Å². The van der Waals surface area contributed by atoms with Crippen LogP contribution in [-0.2, 0) is 0 Å². The third-order valence-corrected chi connectivity index (χ3v) is 3.08. The van der Waals surface area contributed by atoms with Gasteiger partial charge >= 0.3 is 0 Å². The van der Waals surface area contributed by atoms with E-state index < -0.39 is 0 Å². The summed E-state index contributed by atoms with van der Waals surface area (Å²) in [6.07, 6.45) is 2.63. The summed E-state index contributed by atoms with van der Waals surface area (Å²) in [7, 11) is 0. The Morgan fingerprint density at radius 2 is 2.15 bits per heavy atom.